The molecular weight excluding hydrogens is 470 g/mol. The largest absolute Gasteiger partial charge is 0.369 e. The van der Waals surface area contributed by atoms with Crippen LogP contribution in [0.3, 0.4) is 0 Å². The second kappa shape index (κ2) is 10.9. The Morgan fingerprint density at radius 1 is 0.771 bits per heavy atom. The van der Waals surface area contributed by atoms with E-state index in [0.717, 1.165) is 61.4 Å². The summed E-state index contributed by atoms with van der Waals surface area (Å²) >= 11 is 7.93. The van der Waals surface area contributed by atoms with E-state index >= 15 is 0 Å². The third-order valence-electron chi connectivity index (χ3n) is 7.05. The second-order valence-corrected chi connectivity index (χ2v) is 10.8. The maximum Gasteiger partial charge on any atom is 0.0448 e. The first-order valence-corrected chi connectivity index (χ1v) is 13.6. The van der Waals surface area contributed by atoms with Crippen LogP contribution < -0.4 is 0 Å². The number of piperazine rings is 1. The van der Waals surface area contributed by atoms with Crippen LogP contribution in [0.4, 0.5) is 0 Å². The predicted octanol–water partition coefficient (Wildman–Crippen LogP) is 6.58. The molecule has 5 heteroatoms. The number of thioether (sulfide) groups is 1. The molecule has 0 bridgehead atoms. The van der Waals surface area contributed by atoms with E-state index in [-0.39, 0.29) is 0 Å². The molecule has 5 rings (SSSR count). The fourth-order valence-electron chi connectivity index (χ4n) is 4.80. The average Bonchev–Trinajstić information content (AvgIpc) is 2.87. The topological polar surface area (TPSA) is 9.72 Å². The predicted molar refractivity (Wildman–Crippen MR) is 150 cm³/mol. The van der Waals surface area contributed by atoms with Crippen molar-refractivity contribution in [2.75, 3.05) is 39.3 Å². The van der Waals surface area contributed by atoms with E-state index in [1.165, 1.54) is 21.6 Å². The van der Waals surface area contributed by atoms with Crippen molar-refractivity contribution in [1.82, 2.24) is 14.7 Å². The minimum atomic E-state index is 0.617. The van der Waals surface area contributed by atoms with Crippen LogP contribution in [0.1, 0.15) is 16.7 Å². The van der Waals surface area contributed by atoms with Crippen LogP contribution in [-0.4, -0.2) is 60.0 Å². The van der Waals surface area contributed by atoms with E-state index < -0.39 is 0 Å². The Hall–Kier alpha value is -2.66. The van der Waals surface area contributed by atoms with E-state index in [1.54, 1.807) is 0 Å². The van der Waals surface area contributed by atoms with Gasteiger partial charge in [0.25, 0.3) is 0 Å². The maximum absolute atomic E-state index is 6.10. The summed E-state index contributed by atoms with van der Waals surface area (Å²) in [5, 5.41) is 0.794. The van der Waals surface area contributed by atoms with Gasteiger partial charge in [-0.15, -0.1) is 11.8 Å². The molecule has 0 atom stereocenters. The molecule has 2 fully saturated rings. The SMILES string of the molecule is C=C(c1ccccc1)N1CCN(C2CN(C(=C)c3ccc(SCc4cccc(Cl)c4)cc3)C2)CC1. The lowest BCUT2D eigenvalue weighted by molar-refractivity contribution is 0.0453. The zero-order valence-electron chi connectivity index (χ0n) is 20.1. The average molecular weight is 502 g/mol. The van der Waals surface area contributed by atoms with Crippen molar-refractivity contribution in [2.24, 2.45) is 0 Å². The molecule has 0 saturated carbocycles. The molecule has 2 aliphatic heterocycles. The normalized spacial score (nSPS) is 16.7. The summed E-state index contributed by atoms with van der Waals surface area (Å²) in [7, 11) is 0. The maximum atomic E-state index is 6.10. The Labute approximate surface area is 218 Å². The Kier molecular flexibility index (Phi) is 7.52. The summed E-state index contributed by atoms with van der Waals surface area (Å²) in [5.41, 5.74) is 5.94. The summed E-state index contributed by atoms with van der Waals surface area (Å²) in [6, 6.07) is 28.0. The molecule has 0 aromatic heterocycles. The summed E-state index contributed by atoms with van der Waals surface area (Å²) < 4.78 is 0. The number of hydrogen-bond donors (Lipinski definition) is 0. The third-order valence-corrected chi connectivity index (χ3v) is 8.36. The zero-order valence-corrected chi connectivity index (χ0v) is 21.6. The van der Waals surface area contributed by atoms with E-state index in [2.05, 4.69) is 88.5 Å². The van der Waals surface area contributed by atoms with Gasteiger partial charge in [0.2, 0.25) is 0 Å². The van der Waals surface area contributed by atoms with Gasteiger partial charge in [-0.2, -0.15) is 0 Å². The van der Waals surface area contributed by atoms with E-state index in [0.29, 0.717) is 6.04 Å². The zero-order chi connectivity index (χ0) is 24.2. The number of benzene rings is 3. The van der Waals surface area contributed by atoms with E-state index in [4.69, 9.17) is 11.6 Å². The van der Waals surface area contributed by atoms with Crippen LogP contribution in [0.25, 0.3) is 11.4 Å². The van der Waals surface area contributed by atoms with Gasteiger partial charge in [-0.1, -0.05) is 79.4 Å². The molecule has 0 aliphatic carbocycles. The molecule has 2 aliphatic rings. The highest BCUT2D eigenvalue weighted by molar-refractivity contribution is 7.98. The Morgan fingerprint density at radius 3 is 2.11 bits per heavy atom. The van der Waals surface area contributed by atoms with E-state index in [9.17, 15) is 0 Å². The smallest absolute Gasteiger partial charge is 0.0448 e. The van der Waals surface area contributed by atoms with E-state index in [1.807, 2.05) is 30.0 Å². The first-order chi connectivity index (χ1) is 17.1. The van der Waals surface area contributed by atoms with Crippen LogP contribution in [0, 0.1) is 0 Å². The highest BCUT2D eigenvalue weighted by Crippen LogP contribution is 2.30. The summed E-state index contributed by atoms with van der Waals surface area (Å²) in [5.74, 6) is 0.917. The highest BCUT2D eigenvalue weighted by atomic mass is 35.5. The third kappa shape index (κ3) is 5.78. The Bertz CT molecular complexity index is 1160. The van der Waals surface area contributed by atoms with Crippen molar-refractivity contribution in [1.29, 1.82) is 0 Å². The molecule has 35 heavy (non-hydrogen) atoms. The number of halogens is 1. The summed E-state index contributed by atoms with van der Waals surface area (Å²) in [6.45, 7) is 15.1. The molecule has 0 radical (unpaired) electrons. The molecule has 3 nitrogen and oxygen atoms in total. The molecule has 0 amide bonds. The standard InChI is InChI=1S/C30H32ClN3S/c1-23(26-8-4-3-5-9-26)32-15-17-33(18-16-32)29-20-34(21-29)24(2)27-11-13-30(14-12-27)35-22-25-7-6-10-28(31)19-25/h3-14,19,29H,1-2,15-18,20-22H2. The highest BCUT2D eigenvalue weighted by Gasteiger charge is 2.34. The van der Waals surface area contributed by atoms with Crippen molar-refractivity contribution in [3.63, 3.8) is 0 Å². The minimum Gasteiger partial charge on any atom is -0.369 e. The summed E-state index contributed by atoms with van der Waals surface area (Å²) in [4.78, 5) is 8.73. The molecular formula is C30H32ClN3S. The molecule has 2 heterocycles. The minimum absolute atomic E-state index is 0.617. The fourth-order valence-corrected chi connectivity index (χ4v) is 5.85. The molecule has 3 aromatic rings. The molecule has 0 unspecified atom stereocenters. The quantitative estimate of drug-likeness (QED) is 0.322. The first-order valence-electron chi connectivity index (χ1n) is 12.2. The molecule has 3 aromatic carbocycles. The first kappa shape index (κ1) is 24.1. The van der Waals surface area contributed by atoms with Gasteiger partial charge in [-0.25, -0.2) is 0 Å². The molecule has 2 saturated heterocycles. The van der Waals surface area contributed by atoms with Crippen LogP contribution in [-0.2, 0) is 5.75 Å². The Morgan fingerprint density at radius 2 is 1.43 bits per heavy atom. The molecule has 0 spiro atoms. The van der Waals surface area contributed by atoms with Crippen LogP contribution in [0.2, 0.25) is 5.02 Å². The molecule has 180 valence electrons. The van der Waals surface area contributed by atoms with Gasteiger partial charge >= 0.3 is 0 Å². The van der Waals surface area contributed by atoms with Gasteiger partial charge in [0, 0.05) is 72.4 Å². The van der Waals surface area contributed by atoms with Crippen molar-refractivity contribution < 1.29 is 0 Å². The Balaban J connectivity index is 1.07. The number of rotatable bonds is 8. The van der Waals surface area contributed by atoms with Crippen molar-refractivity contribution in [2.45, 2.75) is 16.7 Å². The fraction of sp³-hybridized carbons (Fsp3) is 0.267. The van der Waals surface area contributed by atoms with Crippen LogP contribution in [0.15, 0.2) is 96.9 Å². The lowest BCUT2D eigenvalue weighted by atomic mass is 10.0. The van der Waals surface area contributed by atoms with Gasteiger partial charge in [0.05, 0.1) is 0 Å². The lowest BCUT2D eigenvalue weighted by Crippen LogP contribution is -2.62. The van der Waals surface area contributed by atoms with Crippen molar-refractivity contribution in [3.05, 3.63) is 114 Å². The number of likely N-dealkylation sites (tertiary alicyclic amines) is 1. The van der Waals surface area contributed by atoms with Gasteiger partial charge < -0.3 is 9.80 Å². The van der Waals surface area contributed by atoms with Crippen molar-refractivity contribution >= 4 is 34.8 Å². The van der Waals surface area contributed by atoms with Crippen molar-refractivity contribution in [3.8, 4) is 0 Å². The monoisotopic (exact) mass is 501 g/mol. The number of hydrogen-bond acceptors (Lipinski definition) is 4. The van der Waals surface area contributed by atoms with Gasteiger partial charge in [-0.05, 0) is 41.0 Å². The van der Waals surface area contributed by atoms with Crippen LogP contribution in [0.5, 0.6) is 0 Å². The lowest BCUT2D eigenvalue weighted by Gasteiger charge is -2.50. The van der Waals surface area contributed by atoms with Crippen LogP contribution >= 0.6 is 23.4 Å². The molecule has 0 N–H and O–H groups in total. The van der Waals surface area contributed by atoms with Gasteiger partial charge in [0.15, 0.2) is 0 Å². The van der Waals surface area contributed by atoms with Gasteiger partial charge in [-0.3, -0.25) is 4.90 Å². The summed E-state index contributed by atoms with van der Waals surface area (Å²) in [6.07, 6.45) is 0. The van der Waals surface area contributed by atoms with Gasteiger partial charge in [0.1, 0.15) is 0 Å². The number of nitrogens with zero attached hydrogens (tertiary/aromatic N) is 3. The second-order valence-electron chi connectivity index (χ2n) is 9.28.